The summed E-state index contributed by atoms with van der Waals surface area (Å²) in [6.45, 7) is 1.18. The zero-order chi connectivity index (χ0) is 8.44. The van der Waals surface area contributed by atoms with Gasteiger partial charge in [0.05, 0.1) is 0 Å². The highest BCUT2D eigenvalue weighted by Crippen LogP contribution is 2.33. The van der Waals surface area contributed by atoms with Crippen molar-refractivity contribution in [2.24, 2.45) is 5.73 Å². The second-order valence-electron chi connectivity index (χ2n) is 4.44. The van der Waals surface area contributed by atoms with E-state index in [0.717, 1.165) is 0 Å². The molecule has 2 heteroatoms. The van der Waals surface area contributed by atoms with Crippen LogP contribution in [0, 0.1) is 0 Å². The summed E-state index contributed by atoms with van der Waals surface area (Å²) in [5.74, 6) is 0. The highest BCUT2D eigenvalue weighted by atomic mass is 15.0. The lowest BCUT2D eigenvalue weighted by atomic mass is 9.84. The quantitative estimate of drug-likeness (QED) is 0.621. The maximum absolute atomic E-state index is 6.37. The van der Waals surface area contributed by atoms with Gasteiger partial charge in [0.25, 0.3) is 0 Å². The second-order valence-corrected chi connectivity index (χ2v) is 4.44. The van der Waals surface area contributed by atoms with Gasteiger partial charge in [-0.1, -0.05) is 19.3 Å². The van der Waals surface area contributed by atoms with Gasteiger partial charge in [0, 0.05) is 11.6 Å². The number of nitrogens with two attached hydrogens (primary N) is 1. The van der Waals surface area contributed by atoms with Crippen molar-refractivity contribution in [3.05, 3.63) is 0 Å². The maximum Gasteiger partial charge on any atom is 0.0309 e. The van der Waals surface area contributed by atoms with Crippen molar-refractivity contribution >= 4 is 0 Å². The SMILES string of the molecule is NC1(C2CCCCN2)CCCC1. The minimum Gasteiger partial charge on any atom is -0.324 e. The summed E-state index contributed by atoms with van der Waals surface area (Å²) in [4.78, 5) is 0. The molecule has 1 saturated carbocycles. The first kappa shape index (κ1) is 8.52. The molecule has 0 aromatic carbocycles. The van der Waals surface area contributed by atoms with Gasteiger partial charge in [-0.2, -0.15) is 0 Å². The molecule has 2 aliphatic rings. The fourth-order valence-corrected chi connectivity index (χ4v) is 2.72. The maximum atomic E-state index is 6.37. The van der Waals surface area contributed by atoms with Gasteiger partial charge >= 0.3 is 0 Å². The molecular weight excluding hydrogens is 148 g/mol. The van der Waals surface area contributed by atoms with Crippen LogP contribution in [0.4, 0.5) is 0 Å². The molecule has 2 nitrogen and oxygen atoms in total. The van der Waals surface area contributed by atoms with Crippen LogP contribution in [-0.2, 0) is 0 Å². The van der Waals surface area contributed by atoms with E-state index in [9.17, 15) is 0 Å². The molecule has 0 bridgehead atoms. The monoisotopic (exact) mass is 168 g/mol. The van der Waals surface area contributed by atoms with Crippen LogP contribution in [0.25, 0.3) is 0 Å². The number of piperidine rings is 1. The van der Waals surface area contributed by atoms with E-state index < -0.39 is 0 Å². The molecule has 0 aromatic rings. The largest absolute Gasteiger partial charge is 0.324 e. The number of rotatable bonds is 1. The average Bonchev–Trinajstić information content (AvgIpc) is 2.55. The van der Waals surface area contributed by atoms with Gasteiger partial charge in [-0.25, -0.2) is 0 Å². The lowest BCUT2D eigenvalue weighted by Crippen LogP contribution is -2.56. The van der Waals surface area contributed by atoms with Crippen LogP contribution in [0.5, 0.6) is 0 Å². The Labute approximate surface area is 74.9 Å². The van der Waals surface area contributed by atoms with E-state index in [2.05, 4.69) is 5.32 Å². The third kappa shape index (κ3) is 1.50. The molecule has 2 rings (SSSR count). The van der Waals surface area contributed by atoms with Crippen molar-refractivity contribution < 1.29 is 0 Å². The number of hydrogen-bond donors (Lipinski definition) is 2. The zero-order valence-corrected chi connectivity index (χ0v) is 7.81. The topological polar surface area (TPSA) is 38.0 Å². The summed E-state index contributed by atoms with van der Waals surface area (Å²) in [7, 11) is 0. The van der Waals surface area contributed by atoms with Gasteiger partial charge in [0.15, 0.2) is 0 Å². The minimum absolute atomic E-state index is 0.153. The van der Waals surface area contributed by atoms with Gasteiger partial charge in [0.1, 0.15) is 0 Å². The minimum atomic E-state index is 0.153. The van der Waals surface area contributed by atoms with Gasteiger partial charge in [-0.3, -0.25) is 0 Å². The Morgan fingerprint density at radius 1 is 1.08 bits per heavy atom. The van der Waals surface area contributed by atoms with Gasteiger partial charge in [-0.15, -0.1) is 0 Å². The zero-order valence-electron chi connectivity index (χ0n) is 7.81. The van der Waals surface area contributed by atoms with E-state index in [0.29, 0.717) is 6.04 Å². The Morgan fingerprint density at radius 2 is 1.83 bits per heavy atom. The fourth-order valence-electron chi connectivity index (χ4n) is 2.72. The lowest BCUT2D eigenvalue weighted by molar-refractivity contribution is 0.254. The van der Waals surface area contributed by atoms with Crippen molar-refractivity contribution in [1.29, 1.82) is 0 Å². The Balaban J connectivity index is 1.96. The predicted molar refractivity (Wildman–Crippen MR) is 51.0 cm³/mol. The van der Waals surface area contributed by atoms with E-state index in [1.807, 2.05) is 0 Å². The van der Waals surface area contributed by atoms with Crippen LogP contribution in [0.2, 0.25) is 0 Å². The Kier molecular flexibility index (Phi) is 2.37. The molecule has 1 aliphatic carbocycles. The van der Waals surface area contributed by atoms with E-state index in [1.54, 1.807) is 0 Å². The molecule has 3 N–H and O–H groups in total. The third-order valence-corrected chi connectivity index (χ3v) is 3.54. The molecule has 12 heavy (non-hydrogen) atoms. The molecule has 1 unspecified atom stereocenters. The number of hydrogen-bond acceptors (Lipinski definition) is 2. The van der Waals surface area contributed by atoms with Gasteiger partial charge in [-0.05, 0) is 32.2 Å². The molecule has 0 radical (unpaired) electrons. The molecular formula is C10H20N2. The number of nitrogens with one attached hydrogen (secondary N) is 1. The van der Waals surface area contributed by atoms with Gasteiger partial charge in [0.2, 0.25) is 0 Å². The van der Waals surface area contributed by atoms with Gasteiger partial charge < -0.3 is 11.1 Å². The highest BCUT2D eigenvalue weighted by molar-refractivity contribution is 5.00. The standard InChI is InChI=1S/C10H20N2/c11-10(6-2-3-7-10)9-5-1-4-8-12-9/h9,12H,1-8,11H2. The van der Waals surface area contributed by atoms with E-state index in [4.69, 9.17) is 5.73 Å². The predicted octanol–water partition coefficient (Wildman–Crippen LogP) is 1.40. The van der Waals surface area contributed by atoms with Crippen molar-refractivity contribution in [2.45, 2.75) is 56.5 Å². The Hall–Kier alpha value is -0.0800. The van der Waals surface area contributed by atoms with Crippen LogP contribution in [0.1, 0.15) is 44.9 Å². The van der Waals surface area contributed by atoms with Crippen LogP contribution in [-0.4, -0.2) is 18.1 Å². The fraction of sp³-hybridized carbons (Fsp3) is 1.00. The first-order chi connectivity index (χ1) is 5.81. The molecule has 70 valence electrons. The van der Waals surface area contributed by atoms with Crippen LogP contribution in [0.3, 0.4) is 0 Å². The van der Waals surface area contributed by atoms with E-state index in [-0.39, 0.29) is 5.54 Å². The summed E-state index contributed by atoms with van der Waals surface area (Å²) >= 11 is 0. The average molecular weight is 168 g/mol. The Morgan fingerprint density at radius 3 is 2.42 bits per heavy atom. The summed E-state index contributed by atoms with van der Waals surface area (Å²) in [5.41, 5.74) is 6.52. The molecule has 1 heterocycles. The van der Waals surface area contributed by atoms with E-state index >= 15 is 0 Å². The summed E-state index contributed by atoms with van der Waals surface area (Å²) in [6.07, 6.45) is 9.18. The molecule has 1 atom stereocenters. The summed E-state index contributed by atoms with van der Waals surface area (Å²) in [5, 5.41) is 3.58. The molecule has 0 spiro atoms. The first-order valence-electron chi connectivity index (χ1n) is 5.33. The van der Waals surface area contributed by atoms with Crippen molar-refractivity contribution in [2.75, 3.05) is 6.54 Å². The smallest absolute Gasteiger partial charge is 0.0309 e. The second kappa shape index (κ2) is 3.35. The molecule has 0 amide bonds. The van der Waals surface area contributed by atoms with Crippen LogP contribution >= 0.6 is 0 Å². The normalized spacial score (nSPS) is 35.2. The van der Waals surface area contributed by atoms with Crippen molar-refractivity contribution in [1.82, 2.24) is 5.32 Å². The summed E-state index contributed by atoms with van der Waals surface area (Å²) < 4.78 is 0. The molecule has 2 fully saturated rings. The first-order valence-corrected chi connectivity index (χ1v) is 5.33. The summed E-state index contributed by atoms with van der Waals surface area (Å²) in [6, 6.07) is 0.619. The molecule has 1 saturated heterocycles. The molecule has 0 aromatic heterocycles. The van der Waals surface area contributed by atoms with Crippen molar-refractivity contribution in [3.63, 3.8) is 0 Å². The van der Waals surface area contributed by atoms with Crippen molar-refractivity contribution in [3.8, 4) is 0 Å². The van der Waals surface area contributed by atoms with Crippen LogP contribution in [0.15, 0.2) is 0 Å². The van der Waals surface area contributed by atoms with Crippen LogP contribution < -0.4 is 11.1 Å². The molecule has 1 aliphatic heterocycles. The lowest BCUT2D eigenvalue weighted by Gasteiger charge is -2.37. The third-order valence-electron chi connectivity index (χ3n) is 3.54. The Bertz CT molecular complexity index is 144. The van der Waals surface area contributed by atoms with E-state index in [1.165, 1.54) is 51.5 Å². The highest BCUT2D eigenvalue weighted by Gasteiger charge is 2.37.